The highest BCUT2D eigenvalue weighted by Crippen LogP contribution is 2.14. The fourth-order valence-corrected chi connectivity index (χ4v) is 2.25. The van der Waals surface area contributed by atoms with Crippen LogP contribution < -0.4 is 10.1 Å². The number of carbonyl (C=O) groups excluding carboxylic acids is 1. The number of nitrogens with zero attached hydrogens (tertiary/aromatic N) is 2. The van der Waals surface area contributed by atoms with Gasteiger partial charge in [0, 0.05) is 6.20 Å². The summed E-state index contributed by atoms with van der Waals surface area (Å²) in [5, 5.41) is 15.9. The van der Waals surface area contributed by atoms with Crippen molar-refractivity contribution in [1.82, 2.24) is 15.1 Å². The fourth-order valence-electron chi connectivity index (χ4n) is 2.25. The fraction of sp³-hybridized carbons (Fsp3) is 0.353. The third-order valence-corrected chi connectivity index (χ3v) is 3.47. The van der Waals surface area contributed by atoms with Crippen LogP contribution in [0.25, 0.3) is 5.69 Å². The van der Waals surface area contributed by atoms with Gasteiger partial charge in [-0.2, -0.15) is 5.10 Å². The molecule has 2 N–H and O–H groups in total. The van der Waals surface area contributed by atoms with Crippen molar-refractivity contribution in [2.45, 2.75) is 26.3 Å². The molecule has 24 heavy (non-hydrogen) atoms. The van der Waals surface area contributed by atoms with Crippen LogP contribution in [0.3, 0.4) is 0 Å². The largest absolute Gasteiger partial charge is 0.497 e. The van der Waals surface area contributed by atoms with Crippen LogP contribution in [0, 0.1) is 5.92 Å². The summed E-state index contributed by atoms with van der Waals surface area (Å²) in [4.78, 5) is 23.5. The van der Waals surface area contributed by atoms with Crippen LogP contribution in [0.4, 0.5) is 0 Å². The molecule has 0 radical (unpaired) electrons. The molecule has 2 rings (SSSR count). The van der Waals surface area contributed by atoms with Gasteiger partial charge in [0.15, 0.2) is 5.69 Å². The van der Waals surface area contributed by atoms with Crippen molar-refractivity contribution in [3.05, 3.63) is 42.2 Å². The van der Waals surface area contributed by atoms with Crippen molar-refractivity contribution >= 4 is 11.9 Å². The molecule has 7 heteroatoms. The number of methoxy groups -OCH3 is 1. The summed E-state index contributed by atoms with van der Waals surface area (Å²) in [6.45, 7) is 3.81. The molecular formula is C17H21N3O4. The Kier molecular flexibility index (Phi) is 5.57. The van der Waals surface area contributed by atoms with Crippen molar-refractivity contribution in [2.75, 3.05) is 7.11 Å². The van der Waals surface area contributed by atoms with Gasteiger partial charge in [0.25, 0.3) is 5.91 Å². The summed E-state index contributed by atoms with van der Waals surface area (Å²) in [6.07, 6.45) is 2.01. The molecule has 128 valence electrons. The lowest BCUT2D eigenvalue weighted by atomic mass is 10.0. The standard InChI is InChI=1S/C17H21N3O4/c1-11(2)10-15(17(22)23)18-16(21)14-8-9-20(19-14)12-4-6-13(24-3)7-5-12/h4-9,11,15H,10H2,1-3H3,(H,18,21)(H,22,23)/t15-/m0/s1. The predicted octanol–water partition coefficient (Wildman–Crippen LogP) is 2.11. The van der Waals surface area contributed by atoms with E-state index in [9.17, 15) is 14.7 Å². The number of hydrogen-bond donors (Lipinski definition) is 2. The minimum absolute atomic E-state index is 0.156. The molecule has 1 aromatic heterocycles. The molecule has 1 heterocycles. The number of hydrogen-bond acceptors (Lipinski definition) is 4. The lowest BCUT2D eigenvalue weighted by Gasteiger charge is -2.15. The smallest absolute Gasteiger partial charge is 0.326 e. The van der Waals surface area contributed by atoms with Crippen LogP contribution in [0.2, 0.25) is 0 Å². The Bertz CT molecular complexity index is 707. The maximum absolute atomic E-state index is 12.2. The van der Waals surface area contributed by atoms with Crippen molar-refractivity contribution in [3.63, 3.8) is 0 Å². The maximum Gasteiger partial charge on any atom is 0.326 e. The number of benzene rings is 1. The zero-order valence-corrected chi connectivity index (χ0v) is 13.9. The van der Waals surface area contributed by atoms with Gasteiger partial charge in [0.05, 0.1) is 12.8 Å². The van der Waals surface area contributed by atoms with Gasteiger partial charge < -0.3 is 15.2 Å². The van der Waals surface area contributed by atoms with E-state index >= 15 is 0 Å². The predicted molar refractivity (Wildman–Crippen MR) is 88.5 cm³/mol. The van der Waals surface area contributed by atoms with Gasteiger partial charge in [-0.25, -0.2) is 9.48 Å². The number of rotatable bonds is 7. The molecule has 0 aliphatic heterocycles. The van der Waals surface area contributed by atoms with Crippen molar-refractivity contribution < 1.29 is 19.4 Å². The highest BCUT2D eigenvalue weighted by molar-refractivity contribution is 5.94. The van der Waals surface area contributed by atoms with Crippen LogP contribution >= 0.6 is 0 Å². The first-order valence-corrected chi connectivity index (χ1v) is 7.64. The number of aromatic nitrogens is 2. The second kappa shape index (κ2) is 7.63. The number of carboxylic acid groups (broad SMARTS) is 1. The number of nitrogens with one attached hydrogen (secondary N) is 1. The molecule has 7 nitrogen and oxygen atoms in total. The molecule has 1 atom stereocenters. The lowest BCUT2D eigenvalue weighted by molar-refractivity contribution is -0.139. The molecule has 0 fully saturated rings. The summed E-state index contributed by atoms with van der Waals surface area (Å²) in [7, 11) is 1.58. The van der Waals surface area contributed by atoms with E-state index < -0.39 is 17.9 Å². The summed E-state index contributed by atoms with van der Waals surface area (Å²) in [5.41, 5.74) is 0.938. The summed E-state index contributed by atoms with van der Waals surface area (Å²) < 4.78 is 6.65. The summed E-state index contributed by atoms with van der Waals surface area (Å²) in [5.74, 6) is -0.674. The molecule has 0 bridgehead atoms. The zero-order chi connectivity index (χ0) is 17.7. The molecule has 0 saturated carbocycles. The van der Waals surface area contributed by atoms with Gasteiger partial charge in [-0.1, -0.05) is 13.8 Å². The first-order valence-electron chi connectivity index (χ1n) is 7.64. The SMILES string of the molecule is COc1ccc(-n2ccc(C(=O)N[C@@H](CC(C)C)C(=O)O)n2)cc1. The first-order chi connectivity index (χ1) is 11.4. The summed E-state index contributed by atoms with van der Waals surface area (Å²) in [6, 6.07) is 7.83. The second-order valence-corrected chi connectivity index (χ2v) is 5.84. The molecule has 0 aliphatic rings. The maximum atomic E-state index is 12.2. The highest BCUT2D eigenvalue weighted by atomic mass is 16.5. The molecule has 0 spiro atoms. The number of ether oxygens (including phenoxy) is 1. The quantitative estimate of drug-likeness (QED) is 0.810. The average Bonchev–Trinajstić information content (AvgIpc) is 3.04. The Hall–Kier alpha value is -2.83. The van der Waals surface area contributed by atoms with E-state index in [0.717, 1.165) is 11.4 Å². The Morgan fingerprint density at radius 3 is 2.46 bits per heavy atom. The van der Waals surface area contributed by atoms with E-state index in [4.69, 9.17) is 4.74 Å². The van der Waals surface area contributed by atoms with Crippen LogP contribution in [-0.2, 0) is 4.79 Å². The molecule has 1 aromatic carbocycles. The molecular weight excluding hydrogens is 310 g/mol. The minimum Gasteiger partial charge on any atom is -0.497 e. The monoisotopic (exact) mass is 331 g/mol. The highest BCUT2D eigenvalue weighted by Gasteiger charge is 2.22. The van der Waals surface area contributed by atoms with E-state index in [-0.39, 0.29) is 11.6 Å². The lowest BCUT2D eigenvalue weighted by Crippen LogP contribution is -2.41. The topological polar surface area (TPSA) is 93.5 Å². The molecule has 0 aliphatic carbocycles. The van der Waals surface area contributed by atoms with Crippen molar-refractivity contribution in [2.24, 2.45) is 5.92 Å². The molecule has 1 amide bonds. The second-order valence-electron chi connectivity index (χ2n) is 5.84. The number of aliphatic carboxylic acids is 1. The van der Waals surface area contributed by atoms with E-state index in [2.05, 4.69) is 10.4 Å². The van der Waals surface area contributed by atoms with Crippen LogP contribution in [0.1, 0.15) is 30.8 Å². The number of amides is 1. The van der Waals surface area contributed by atoms with Gasteiger partial charge >= 0.3 is 5.97 Å². The molecule has 0 saturated heterocycles. The number of carbonyl (C=O) groups is 2. The zero-order valence-electron chi connectivity index (χ0n) is 13.9. The van der Waals surface area contributed by atoms with E-state index in [1.807, 2.05) is 26.0 Å². The Morgan fingerprint density at radius 2 is 1.92 bits per heavy atom. The van der Waals surface area contributed by atoms with Gasteiger partial charge in [-0.05, 0) is 42.7 Å². The number of carboxylic acids is 1. The van der Waals surface area contributed by atoms with E-state index in [1.165, 1.54) is 0 Å². The molecule has 0 unspecified atom stereocenters. The molecule has 2 aromatic rings. The van der Waals surface area contributed by atoms with Gasteiger partial charge in [-0.15, -0.1) is 0 Å². The summed E-state index contributed by atoms with van der Waals surface area (Å²) >= 11 is 0. The third kappa shape index (κ3) is 4.34. The Labute approximate surface area is 140 Å². The first kappa shape index (κ1) is 17.5. The van der Waals surface area contributed by atoms with Crippen LogP contribution in [-0.4, -0.2) is 39.9 Å². The van der Waals surface area contributed by atoms with Crippen LogP contribution in [0.15, 0.2) is 36.5 Å². The van der Waals surface area contributed by atoms with Crippen molar-refractivity contribution in [1.29, 1.82) is 0 Å². The van der Waals surface area contributed by atoms with Gasteiger partial charge in [-0.3, -0.25) is 4.79 Å². The van der Waals surface area contributed by atoms with Crippen LogP contribution in [0.5, 0.6) is 5.75 Å². The average molecular weight is 331 g/mol. The van der Waals surface area contributed by atoms with Gasteiger partial charge in [0.1, 0.15) is 11.8 Å². The van der Waals surface area contributed by atoms with E-state index in [1.54, 1.807) is 36.2 Å². The normalized spacial score (nSPS) is 12.0. The van der Waals surface area contributed by atoms with E-state index in [0.29, 0.717) is 6.42 Å². The Balaban J connectivity index is 2.10. The third-order valence-electron chi connectivity index (χ3n) is 3.47. The van der Waals surface area contributed by atoms with Gasteiger partial charge in [0.2, 0.25) is 0 Å². The minimum atomic E-state index is -1.05. The Morgan fingerprint density at radius 1 is 1.25 bits per heavy atom. The van der Waals surface area contributed by atoms with Crippen molar-refractivity contribution in [3.8, 4) is 11.4 Å².